The third kappa shape index (κ3) is 4.85. The molecule has 1 aliphatic rings. The van der Waals surface area contributed by atoms with Gasteiger partial charge in [0.05, 0.1) is 6.10 Å². The number of hydrogen-bond donors (Lipinski definition) is 2. The van der Waals surface area contributed by atoms with Gasteiger partial charge in [0.1, 0.15) is 5.82 Å². The summed E-state index contributed by atoms with van der Waals surface area (Å²) in [6.45, 7) is 7.21. The van der Waals surface area contributed by atoms with Gasteiger partial charge in [0.2, 0.25) is 0 Å². The minimum atomic E-state index is -0.574. The maximum absolute atomic E-state index is 12.8. The van der Waals surface area contributed by atoms with Gasteiger partial charge in [0, 0.05) is 13.1 Å². The fraction of sp³-hybridized carbons (Fsp3) is 0.625. The molecule has 0 aromatic heterocycles. The lowest BCUT2D eigenvalue weighted by atomic mass is 10.1. The first kappa shape index (κ1) is 15.4. The molecule has 0 spiro atoms. The van der Waals surface area contributed by atoms with E-state index in [0.29, 0.717) is 12.5 Å². The van der Waals surface area contributed by atoms with E-state index in [2.05, 4.69) is 17.1 Å². The second-order valence-corrected chi connectivity index (χ2v) is 5.84. The average Bonchev–Trinajstić information content (AvgIpc) is 2.92. The van der Waals surface area contributed by atoms with Gasteiger partial charge >= 0.3 is 0 Å². The zero-order chi connectivity index (χ0) is 14.4. The molecule has 1 aromatic rings. The predicted octanol–water partition coefficient (Wildman–Crippen LogP) is 2.18. The number of aliphatic hydroxyl groups excluding tert-OH is 1. The third-order valence-electron chi connectivity index (χ3n) is 3.85. The Bertz CT molecular complexity index is 390. The fourth-order valence-corrected chi connectivity index (χ4v) is 2.74. The van der Waals surface area contributed by atoms with Crippen LogP contribution in [0.1, 0.15) is 31.4 Å². The van der Waals surface area contributed by atoms with Gasteiger partial charge in [0.15, 0.2) is 0 Å². The highest BCUT2D eigenvalue weighted by Crippen LogP contribution is 2.13. The Labute approximate surface area is 120 Å². The largest absolute Gasteiger partial charge is 0.387 e. The van der Waals surface area contributed by atoms with E-state index in [9.17, 15) is 9.50 Å². The van der Waals surface area contributed by atoms with Crippen molar-refractivity contribution >= 4 is 0 Å². The maximum Gasteiger partial charge on any atom is 0.123 e. The van der Waals surface area contributed by atoms with E-state index in [1.165, 1.54) is 38.1 Å². The fourth-order valence-electron chi connectivity index (χ4n) is 2.74. The summed E-state index contributed by atoms with van der Waals surface area (Å²) in [6, 6.07) is 6.04. The lowest BCUT2D eigenvalue weighted by Crippen LogP contribution is -2.33. The van der Waals surface area contributed by atoms with E-state index in [1.807, 2.05) is 0 Å². The van der Waals surface area contributed by atoms with E-state index in [-0.39, 0.29) is 5.82 Å². The highest BCUT2D eigenvalue weighted by Gasteiger charge is 2.15. The molecule has 4 heteroatoms. The SMILES string of the molecule is CC(CNCC(O)c1ccc(F)cc1)CN1CCCC1. The normalized spacial score (nSPS) is 19.1. The smallest absolute Gasteiger partial charge is 0.123 e. The van der Waals surface area contributed by atoms with Crippen LogP contribution in [0.15, 0.2) is 24.3 Å². The summed E-state index contributed by atoms with van der Waals surface area (Å²) in [5.41, 5.74) is 0.756. The molecule has 0 radical (unpaired) electrons. The van der Waals surface area contributed by atoms with Crippen LogP contribution in [-0.2, 0) is 0 Å². The van der Waals surface area contributed by atoms with E-state index in [0.717, 1.165) is 18.7 Å². The standard InChI is InChI=1S/C16H25FN2O/c1-13(12-19-8-2-3-9-19)10-18-11-16(20)14-4-6-15(17)7-5-14/h4-7,13,16,18,20H,2-3,8-12H2,1H3. The molecule has 2 atom stereocenters. The number of aliphatic hydroxyl groups is 1. The topological polar surface area (TPSA) is 35.5 Å². The van der Waals surface area contributed by atoms with Gasteiger partial charge in [-0.25, -0.2) is 4.39 Å². The van der Waals surface area contributed by atoms with Gasteiger partial charge in [-0.1, -0.05) is 19.1 Å². The second-order valence-electron chi connectivity index (χ2n) is 5.84. The predicted molar refractivity (Wildman–Crippen MR) is 79.1 cm³/mol. The third-order valence-corrected chi connectivity index (χ3v) is 3.85. The Kier molecular flexibility index (Phi) is 5.95. The van der Waals surface area contributed by atoms with Crippen molar-refractivity contribution in [1.82, 2.24) is 10.2 Å². The van der Waals surface area contributed by atoms with Crippen LogP contribution < -0.4 is 5.32 Å². The van der Waals surface area contributed by atoms with Gasteiger partial charge in [-0.05, 0) is 56.1 Å². The summed E-state index contributed by atoms with van der Waals surface area (Å²) in [5, 5.41) is 13.3. The lowest BCUT2D eigenvalue weighted by Gasteiger charge is -2.21. The van der Waals surface area contributed by atoms with Crippen molar-refractivity contribution in [2.75, 3.05) is 32.7 Å². The van der Waals surface area contributed by atoms with Crippen molar-refractivity contribution in [3.63, 3.8) is 0 Å². The van der Waals surface area contributed by atoms with E-state index >= 15 is 0 Å². The molecule has 112 valence electrons. The molecule has 2 rings (SSSR count). The molecule has 0 amide bonds. The molecular formula is C16H25FN2O. The number of nitrogens with zero attached hydrogens (tertiary/aromatic N) is 1. The number of benzene rings is 1. The molecule has 0 bridgehead atoms. The summed E-state index contributed by atoms with van der Waals surface area (Å²) < 4.78 is 12.8. The Morgan fingerprint density at radius 3 is 2.50 bits per heavy atom. The highest BCUT2D eigenvalue weighted by molar-refractivity contribution is 5.18. The molecule has 3 nitrogen and oxygen atoms in total. The lowest BCUT2D eigenvalue weighted by molar-refractivity contribution is 0.171. The Morgan fingerprint density at radius 1 is 1.20 bits per heavy atom. The second kappa shape index (κ2) is 7.72. The van der Waals surface area contributed by atoms with Crippen molar-refractivity contribution < 1.29 is 9.50 Å². The van der Waals surface area contributed by atoms with Crippen LogP contribution in [0.3, 0.4) is 0 Å². The van der Waals surface area contributed by atoms with Crippen molar-refractivity contribution in [2.24, 2.45) is 5.92 Å². The van der Waals surface area contributed by atoms with Crippen LogP contribution in [0.2, 0.25) is 0 Å². The number of likely N-dealkylation sites (tertiary alicyclic amines) is 1. The Morgan fingerprint density at radius 2 is 1.85 bits per heavy atom. The summed E-state index contributed by atoms with van der Waals surface area (Å²) in [5.74, 6) is 0.307. The average molecular weight is 280 g/mol. The van der Waals surface area contributed by atoms with Gasteiger partial charge in [-0.15, -0.1) is 0 Å². The number of hydrogen-bond acceptors (Lipinski definition) is 3. The van der Waals surface area contributed by atoms with E-state index < -0.39 is 6.10 Å². The van der Waals surface area contributed by atoms with Crippen LogP contribution in [0, 0.1) is 11.7 Å². The monoisotopic (exact) mass is 280 g/mol. The van der Waals surface area contributed by atoms with Crippen LogP contribution in [0.25, 0.3) is 0 Å². The number of rotatable bonds is 7. The molecule has 1 fully saturated rings. The molecule has 0 aliphatic carbocycles. The summed E-state index contributed by atoms with van der Waals surface area (Å²) in [7, 11) is 0. The first-order chi connectivity index (χ1) is 9.65. The molecule has 0 saturated carbocycles. The molecule has 1 heterocycles. The minimum absolute atomic E-state index is 0.270. The first-order valence-corrected chi connectivity index (χ1v) is 7.52. The maximum atomic E-state index is 12.8. The van der Waals surface area contributed by atoms with Gasteiger partial charge in [-0.3, -0.25) is 0 Å². The zero-order valence-corrected chi connectivity index (χ0v) is 12.2. The van der Waals surface area contributed by atoms with Crippen molar-refractivity contribution in [2.45, 2.75) is 25.9 Å². The van der Waals surface area contributed by atoms with Crippen molar-refractivity contribution in [3.8, 4) is 0 Å². The molecule has 2 N–H and O–H groups in total. The Balaban J connectivity index is 1.65. The van der Waals surface area contributed by atoms with Gasteiger partial charge in [0.25, 0.3) is 0 Å². The quantitative estimate of drug-likeness (QED) is 0.803. The highest BCUT2D eigenvalue weighted by atomic mass is 19.1. The molecule has 1 saturated heterocycles. The molecule has 1 aromatic carbocycles. The molecule has 2 unspecified atom stereocenters. The number of nitrogens with one attached hydrogen (secondary N) is 1. The van der Waals surface area contributed by atoms with Gasteiger partial charge in [-0.2, -0.15) is 0 Å². The Hall–Kier alpha value is -0.970. The zero-order valence-electron chi connectivity index (χ0n) is 12.2. The van der Waals surface area contributed by atoms with Crippen LogP contribution in [0.5, 0.6) is 0 Å². The summed E-state index contributed by atoms with van der Waals surface area (Å²) >= 11 is 0. The summed E-state index contributed by atoms with van der Waals surface area (Å²) in [6.07, 6.45) is 2.07. The van der Waals surface area contributed by atoms with Crippen LogP contribution in [0.4, 0.5) is 4.39 Å². The molecular weight excluding hydrogens is 255 g/mol. The van der Waals surface area contributed by atoms with Crippen molar-refractivity contribution in [1.29, 1.82) is 0 Å². The van der Waals surface area contributed by atoms with Gasteiger partial charge < -0.3 is 15.3 Å². The number of halogens is 1. The van der Waals surface area contributed by atoms with E-state index in [1.54, 1.807) is 12.1 Å². The molecule has 20 heavy (non-hydrogen) atoms. The minimum Gasteiger partial charge on any atom is -0.387 e. The first-order valence-electron chi connectivity index (χ1n) is 7.52. The van der Waals surface area contributed by atoms with Crippen molar-refractivity contribution in [3.05, 3.63) is 35.6 Å². The summed E-state index contributed by atoms with van der Waals surface area (Å²) in [4.78, 5) is 2.50. The van der Waals surface area contributed by atoms with Crippen LogP contribution in [-0.4, -0.2) is 42.7 Å². The molecule has 1 aliphatic heterocycles. The van der Waals surface area contributed by atoms with Crippen LogP contribution >= 0.6 is 0 Å². The van der Waals surface area contributed by atoms with E-state index in [4.69, 9.17) is 0 Å².